The van der Waals surface area contributed by atoms with Crippen LogP contribution in [0.1, 0.15) is 54.4 Å². The number of hydrogen-bond donors (Lipinski definition) is 0. The van der Waals surface area contributed by atoms with Gasteiger partial charge in [-0.15, -0.1) is 0 Å². The monoisotopic (exact) mass is 399 g/mol. The molecule has 0 saturated heterocycles. The van der Waals surface area contributed by atoms with E-state index in [1.165, 1.54) is 28.7 Å². The average Bonchev–Trinajstić information content (AvgIpc) is 2.82. The van der Waals surface area contributed by atoms with Crippen molar-refractivity contribution < 1.29 is 4.74 Å². The normalized spacial score (nSPS) is 18.2. The van der Waals surface area contributed by atoms with E-state index in [1.54, 1.807) is 0 Å². The van der Waals surface area contributed by atoms with Crippen LogP contribution in [0.3, 0.4) is 0 Å². The topological polar surface area (TPSA) is 12.5 Å². The molecule has 156 valence electrons. The second-order valence-corrected chi connectivity index (χ2v) is 8.18. The summed E-state index contributed by atoms with van der Waals surface area (Å²) in [6.45, 7) is 8.25. The number of likely N-dealkylation sites (N-methyl/N-ethyl adjacent to an activating group) is 1. The molecule has 0 amide bonds. The van der Waals surface area contributed by atoms with E-state index in [9.17, 15) is 0 Å². The number of aryl methyl sites for hydroxylation is 1. The zero-order chi connectivity index (χ0) is 20.8. The van der Waals surface area contributed by atoms with Crippen molar-refractivity contribution >= 4 is 0 Å². The second-order valence-electron chi connectivity index (χ2n) is 8.18. The first-order chi connectivity index (χ1) is 14.8. The van der Waals surface area contributed by atoms with Crippen LogP contribution < -0.4 is 4.74 Å². The van der Waals surface area contributed by atoms with Crippen molar-refractivity contribution in [3.8, 4) is 5.75 Å². The lowest BCUT2D eigenvalue weighted by atomic mass is 9.69. The molecule has 0 fully saturated rings. The summed E-state index contributed by atoms with van der Waals surface area (Å²) < 4.78 is 6.02. The quantitative estimate of drug-likeness (QED) is 0.443. The zero-order valence-electron chi connectivity index (χ0n) is 18.3. The van der Waals surface area contributed by atoms with Crippen molar-refractivity contribution in [1.29, 1.82) is 0 Å². The maximum atomic E-state index is 6.02. The molecule has 0 N–H and O–H groups in total. The van der Waals surface area contributed by atoms with Gasteiger partial charge in [-0.1, -0.05) is 80.6 Å². The van der Waals surface area contributed by atoms with E-state index in [0.29, 0.717) is 11.8 Å². The smallest absolute Gasteiger partial charge is 0.119 e. The van der Waals surface area contributed by atoms with Gasteiger partial charge in [0.25, 0.3) is 0 Å². The van der Waals surface area contributed by atoms with Crippen molar-refractivity contribution in [2.75, 3.05) is 26.2 Å². The van der Waals surface area contributed by atoms with Gasteiger partial charge in [-0.2, -0.15) is 0 Å². The molecule has 0 bridgehead atoms. The number of nitrogens with zero attached hydrogens (tertiary/aromatic N) is 1. The van der Waals surface area contributed by atoms with Crippen molar-refractivity contribution in [3.63, 3.8) is 0 Å². The first-order valence-corrected chi connectivity index (χ1v) is 11.4. The standard InChI is InChI=1S/C28H33NO/c1-3-29(4-2)20-21-30-25-17-14-24(15-18-25)28-26-13-9-8-12-23(26)16-19-27(28)22-10-6-5-7-11-22/h5-15,17-18,27-28H,3-4,16,19-21H2,1-2H3. The number of ether oxygens (including phenoxy) is 1. The molecule has 30 heavy (non-hydrogen) atoms. The highest BCUT2D eigenvalue weighted by atomic mass is 16.5. The van der Waals surface area contributed by atoms with Crippen LogP contribution in [0.2, 0.25) is 0 Å². The van der Waals surface area contributed by atoms with Crippen molar-refractivity contribution in [1.82, 2.24) is 4.90 Å². The molecule has 3 aromatic carbocycles. The van der Waals surface area contributed by atoms with E-state index in [4.69, 9.17) is 4.74 Å². The fourth-order valence-corrected chi connectivity index (χ4v) is 4.83. The van der Waals surface area contributed by atoms with Crippen LogP contribution >= 0.6 is 0 Å². The molecule has 0 aliphatic heterocycles. The fraction of sp³-hybridized carbons (Fsp3) is 0.357. The van der Waals surface area contributed by atoms with Crippen LogP contribution in [-0.2, 0) is 6.42 Å². The Hall–Kier alpha value is -2.58. The van der Waals surface area contributed by atoms with Crippen LogP contribution in [0.15, 0.2) is 78.9 Å². The zero-order valence-corrected chi connectivity index (χ0v) is 18.3. The molecule has 2 heteroatoms. The van der Waals surface area contributed by atoms with Gasteiger partial charge in [0.2, 0.25) is 0 Å². The van der Waals surface area contributed by atoms with Crippen molar-refractivity contribution in [2.24, 2.45) is 0 Å². The summed E-state index contributed by atoms with van der Waals surface area (Å²) in [6, 6.07) is 28.8. The van der Waals surface area contributed by atoms with E-state index >= 15 is 0 Å². The predicted octanol–water partition coefficient (Wildman–Crippen LogP) is 6.27. The molecule has 2 nitrogen and oxygen atoms in total. The Morgan fingerprint density at radius 2 is 1.50 bits per heavy atom. The van der Waals surface area contributed by atoms with Gasteiger partial charge in [0.05, 0.1) is 0 Å². The number of fused-ring (bicyclic) bond motifs is 1. The van der Waals surface area contributed by atoms with Gasteiger partial charge < -0.3 is 9.64 Å². The molecule has 2 atom stereocenters. The van der Waals surface area contributed by atoms with Gasteiger partial charge in [0, 0.05) is 12.5 Å². The molecule has 0 heterocycles. The SMILES string of the molecule is CCN(CC)CCOc1ccc(C2c3ccccc3CCC2c2ccccc2)cc1. The van der Waals surface area contributed by atoms with E-state index < -0.39 is 0 Å². The van der Waals surface area contributed by atoms with Crippen LogP contribution in [0.25, 0.3) is 0 Å². The third-order valence-corrected chi connectivity index (χ3v) is 6.55. The van der Waals surface area contributed by atoms with Gasteiger partial charge >= 0.3 is 0 Å². The van der Waals surface area contributed by atoms with Crippen LogP contribution in [0.5, 0.6) is 5.75 Å². The van der Waals surface area contributed by atoms with E-state index in [2.05, 4.69) is 97.6 Å². The highest BCUT2D eigenvalue weighted by Gasteiger charge is 2.31. The van der Waals surface area contributed by atoms with E-state index in [-0.39, 0.29) is 0 Å². The summed E-state index contributed by atoms with van der Waals surface area (Å²) in [5, 5.41) is 0. The average molecular weight is 400 g/mol. The van der Waals surface area contributed by atoms with E-state index in [0.717, 1.165) is 38.4 Å². The summed E-state index contributed by atoms with van der Waals surface area (Å²) in [4.78, 5) is 2.39. The minimum atomic E-state index is 0.391. The summed E-state index contributed by atoms with van der Waals surface area (Å²) in [7, 11) is 0. The lowest BCUT2D eigenvalue weighted by molar-refractivity contribution is 0.223. The maximum Gasteiger partial charge on any atom is 0.119 e. The van der Waals surface area contributed by atoms with Gasteiger partial charge in [0.15, 0.2) is 0 Å². The molecule has 1 aliphatic carbocycles. The third-order valence-electron chi connectivity index (χ3n) is 6.55. The molecule has 0 aromatic heterocycles. The first kappa shape index (κ1) is 20.7. The minimum absolute atomic E-state index is 0.391. The Bertz CT molecular complexity index is 915. The minimum Gasteiger partial charge on any atom is -0.492 e. The lowest BCUT2D eigenvalue weighted by Crippen LogP contribution is -2.27. The Morgan fingerprint density at radius 1 is 0.800 bits per heavy atom. The molecule has 0 spiro atoms. The van der Waals surface area contributed by atoms with Crippen LogP contribution in [0, 0.1) is 0 Å². The summed E-state index contributed by atoms with van der Waals surface area (Å²) in [6.07, 6.45) is 2.34. The van der Waals surface area contributed by atoms with Gasteiger partial charge in [-0.25, -0.2) is 0 Å². The van der Waals surface area contributed by atoms with Gasteiger partial charge in [-0.05, 0) is 66.2 Å². The highest BCUT2D eigenvalue weighted by molar-refractivity contribution is 5.45. The molecule has 2 unspecified atom stereocenters. The Labute approximate surface area is 181 Å². The van der Waals surface area contributed by atoms with Gasteiger partial charge in [0.1, 0.15) is 12.4 Å². The summed E-state index contributed by atoms with van der Waals surface area (Å²) in [5.41, 5.74) is 5.80. The maximum absolute atomic E-state index is 6.02. The lowest BCUT2D eigenvalue weighted by Gasteiger charge is -2.34. The number of rotatable bonds is 8. The highest BCUT2D eigenvalue weighted by Crippen LogP contribution is 2.46. The molecule has 0 saturated carbocycles. The van der Waals surface area contributed by atoms with Crippen LogP contribution in [0.4, 0.5) is 0 Å². The number of benzene rings is 3. The second kappa shape index (κ2) is 9.95. The third kappa shape index (κ3) is 4.60. The molecule has 1 aliphatic rings. The molecule has 4 rings (SSSR count). The van der Waals surface area contributed by atoms with Crippen LogP contribution in [-0.4, -0.2) is 31.1 Å². The molecular formula is C28H33NO. The van der Waals surface area contributed by atoms with Gasteiger partial charge in [-0.3, -0.25) is 0 Å². The summed E-state index contributed by atoms with van der Waals surface area (Å²) in [5.74, 6) is 1.86. The van der Waals surface area contributed by atoms with E-state index in [1.807, 2.05) is 0 Å². The molecular weight excluding hydrogens is 366 g/mol. The first-order valence-electron chi connectivity index (χ1n) is 11.4. The molecule has 0 radical (unpaired) electrons. The fourth-order valence-electron chi connectivity index (χ4n) is 4.83. The largest absolute Gasteiger partial charge is 0.492 e. The Morgan fingerprint density at radius 3 is 2.23 bits per heavy atom. The Balaban J connectivity index is 1.56. The molecule has 3 aromatic rings. The number of hydrogen-bond acceptors (Lipinski definition) is 2. The predicted molar refractivity (Wildman–Crippen MR) is 126 cm³/mol. The Kier molecular flexibility index (Phi) is 6.86. The van der Waals surface area contributed by atoms with Crippen molar-refractivity contribution in [3.05, 3.63) is 101 Å². The summed E-state index contributed by atoms with van der Waals surface area (Å²) >= 11 is 0. The van der Waals surface area contributed by atoms with Crippen molar-refractivity contribution in [2.45, 2.75) is 38.5 Å².